The Morgan fingerprint density at radius 1 is 1.24 bits per heavy atom. The van der Waals surface area contributed by atoms with Gasteiger partial charge in [-0.05, 0) is 55.3 Å². The molecule has 1 aliphatic heterocycles. The van der Waals surface area contributed by atoms with Crippen LogP contribution >= 0.6 is 27.7 Å². The van der Waals surface area contributed by atoms with E-state index in [0.29, 0.717) is 12.1 Å². The summed E-state index contributed by atoms with van der Waals surface area (Å²) < 4.78 is 19.3. The van der Waals surface area contributed by atoms with Crippen molar-refractivity contribution < 1.29 is 18.7 Å². The molecule has 2 aromatic rings. The summed E-state index contributed by atoms with van der Waals surface area (Å²) in [5.41, 5.74) is 1.08. The minimum Gasteiger partial charge on any atom is -0.462 e. The van der Waals surface area contributed by atoms with Crippen molar-refractivity contribution in [1.82, 2.24) is 0 Å². The fourth-order valence-corrected chi connectivity index (χ4v) is 4.40. The Labute approximate surface area is 180 Å². The van der Waals surface area contributed by atoms with E-state index in [1.165, 1.54) is 29.2 Å². The van der Waals surface area contributed by atoms with Gasteiger partial charge < -0.3 is 4.74 Å². The Morgan fingerprint density at radius 3 is 2.48 bits per heavy atom. The van der Waals surface area contributed by atoms with Crippen LogP contribution in [0.2, 0.25) is 0 Å². The standard InChI is InChI=1S/C21H16BrFN2O3S/c1-2-28-21(27)17(12-24)20-25(16-9-7-15(23)8-10-16)19(26)18(29-20)11-13-3-5-14(22)6-4-13/h3-10,18H,2,11H2,1H3/b20-17-/t18-/m1/s1. The lowest BCUT2D eigenvalue weighted by Gasteiger charge is -2.18. The summed E-state index contributed by atoms with van der Waals surface area (Å²) in [7, 11) is 0. The third-order valence-electron chi connectivity index (χ3n) is 4.18. The Kier molecular flexibility index (Phi) is 6.72. The predicted molar refractivity (Wildman–Crippen MR) is 112 cm³/mol. The van der Waals surface area contributed by atoms with Crippen LogP contribution in [0.3, 0.4) is 0 Å². The average Bonchev–Trinajstić information content (AvgIpc) is 3.01. The molecule has 1 heterocycles. The highest BCUT2D eigenvalue weighted by atomic mass is 79.9. The first-order chi connectivity index (χ1) is 13.9. The lowest BCUT2D eigenvalue weighted by Crippen LogP contribution is -2.30. The van der Waals surface area contributed by atoms with Gasteiger partial charge in [0.2, 0.25) is 5.91 Å². The van der Waals surface area contributed by atoms with E-state index in [9.17, 15) is 19.2 Å². The monoisotopic (exact) mass is 474 g/mol. The van der Waals surface area contributed by atoms with E-state index < -0.39 is 17.0 Å². The second-order valence-electron chi connectivity index (χ2n) is 6.10. The zero-order valence-electron chi connectivity index (χ0n) is 15.4. The van der Waals surface area contributed by atoms with E-state index >= 15 is 0 Å². The third-order valence-corrected chi connectivity index (χ3v) is 5.97. The summed E-state index contributed by atoms with van der Waals surface area (Å²) in [6, 6.07) is 14.8. The van der Waals surface area contributed by atoms with Crippen molar-refractivity contribution in [3.8, 4) is 6.07 Å². The minimum atomic E-state index is -0.790. The summed E-state index contributed by atoms with van der Waals surface area (Å²) in [5.74, 6) is -1.52. The fourth-order valence-electron chi connectivity index (χ4n) is 2.83. The van der Waals surface area contributed by atoms with E-state index in [2.05, 4.69) is 15.9 Å². The lowest BCUT2D eigenvalue weighted by molar-refractivity contribution is -0.138. The quantitative estimate of drug-likeness (QED) is 0.360. The summed E-state index contributed by atoms with van der Waals surface area (Å²) in [6.07, 6.45) is 0.416. The molecule has 1 amide bonds. The second-order valence-corrected chi connectivity index (χ2v) is 8.21. The van der Waals surface area contributed by atoms with E-state index in [1.807, 2.05) is 30.3 Å². The number of rotatable bonds is 5. The van der Waals surface area contributed by atoms with Crippen LogP contribution in [0.25, 0.3) is 0 Å². The average molecular weight is 475 g/mol. The SMILES string of the molecule is CCOC(=O)/C(C#N)=C1\S[C@H](Cc2ccc(Br)cc2)C(=O)N1c1ccc(F)cc1. The normalized spacial score (nSPS) is 17.8. The topological polar surface area (TPSA) is 70.4 Å². The number of hydrogen-bond donors (Lipinski definition) is 0. The molecule has 0 N–H and O–H groups in total. The zero-order chi connectivity index (χ0) is 21.0. The largest absolute Gasteiger partial charge is 0.462 e. The second kappa shape index (κ2) is 9.25. The molecule has 1 atom stereocenters. The number of thioether (sulfide) groups is 1. The molecule has 0 unspecified atom stereocenters. The van der Waals surface area contributed by atoms with Gasteiger partial charge in [0, 0.05) is 10.2 Å². The summed E-state index contributed by atoms with van der Waals surface area (Å²) in [6.45, 7) is 1.74. The number of amides is 1. The van der Waals surface area contributed by atoms with Gasteiger partial charge in [-0.1, -0.05) is 39.8 Å². The Hall–Kier alpha value is -2.63. The highest BCUT2D eigenvalue weighted by molar-refractivity contribution is 9.10. The van der Waals surface area contributed by atoms with Crippen molar-refractivity contribution in [3.63, 3.8) is 0 Å². The molecule has 29 heavy (non-hydrogen) atoms. The molecule has 0 radical (unpaired) electrons. The summed E-state index contributed by atoms with van der Waals surface area (Å²) >= 11 is 4.52. The predicted octanol–water partition coefficient (Wildman–Crippen LogP) is 4.58. The molecule has 2 aromatic carbocycles. The van der Waals surface area contributed by atoms with Crippen molar-refractivity contribution in [2.24, 2.45) is 0 Å². The molecule has 148 valence electrons. The number of carbonyl (C=O) groups is 2. The maximum atomic E-state index is 13.4. The van der Waals surface area contributed by atoms with Crippen molar-refractivity contribution in [3.05, 3.63) is 75.0 Å². The van der Waals surface area contributed by atoms with Crippen LogP contribution in [0.15, 0.2) is 63.6 Å². The molecule has 1 aliphatic rings. The number of esters is 1. The van der Waals surface area contributed by atoms with Gasteiger partial charge in [0.25, 0.3) is 0 Å². The Morgan fingerprint density at radius 2 is 1.90 bits per heavy atom. The van der Waals surface area contributed by atoms with Crippen LogP contribution < -0.4 is 4.90 Å². The summed E-state index contributed by atoms with van der Waals surface area (Å²) in [4.78, 5) is 26.8. The molecule has 3 rings (SSSR count). The minimum absolute atomic E-state index is 0.106. The molecule has 8 heteroatoms. The highest BCUT2D eigenvalue weighted by Gasteiger charge is 2.41. The first-order valence-electron chi connectivity index (χ1n) is 8.76. The molecule has 0 aromatic heterocycles. The number of anilines is 1. The van der Waals surface area contributed by atoms with Crippen molar-refractivity contribution in [2.75, 3.05) is 11.5 Å². The van der Waals surface area contributed by atoms with E-state index in [4.69, 9.17) is 4.74 Å². The highest BCUT2D eigenvalue weighted by Crippen LogP contribution is 2.42. The number of halogens is 2. The van der Waals surface area contributed by atoms with Gasteiger partial charge in [0.15, 0.2) is 5.57 Å². The molecule has 0 spiro atoms. The number of nitriles is 1. The maximum Gasteiger partial charge on any atom is 0.351 e. The number of nitrogens with zero attached hydrogens (tertiary/aromatic N) is 2. The van der Waals surface area contributed by atoms with Gasteiger partial charge in [0.05, 0.1) is 11.9 Å². The maximum absolute atomic E-state index is 13.4. The molecule has 1 fully saturated rings. The van der Waals surface area contributed by atoms with Crippen LogP contribution in [0.5, 0.6) is 0 Å². The van der Waals surface area contributed by atoms with Crippen LogP contribution in [0, 0.1) is 17.1 Å². The van der Waals surface area contributed by atoms with Crippen molar-refractivity contribution in [1.29, 1.82) is 5.26 Å². The molecular weight excluding hydrogens is 459 g/mol. The smallest absolute Gasteiger partial charge is 0.351 e. The van der Waals surface area contributed by atoms with Crippen LogP contribution in [-0.2, 0) is 20.7 Å². The van der Waals surface area contributed by atoms with Gasteiger partial charge in [-0.15, -0.1) is 0 Å². The van der Waals surface area contributed by atoms with E-state index in [1.54, 1.807) is 6.92 Å². The number of ether oxygens (including phenoxy) is 1. The van der Waals surface area contributed by atoms with Gasteiger partial charge in [-0.3, -0.25) is 9.69 Å². The third kappa shape index (κ3) is 4.69. The van der Waals surface area contributed by atoms with E-state index in [-0.39, 0.29) is 23.1 Å². The van der Waals surface area contributed by atoms with Crippen LogP contribution in [-0.4, -0.2) is 23.7 Å². The number of hydrogen-bond acceptors (Lipinski definition) is 5. The van der Waals surface area contributed by atoms with Gasteiger partial charge >= 0.3 is 5.97 Å². The molecule has 0 bridgehead atoms. The van der Waals surface area contributed by atoms with Gasteiger partial charge in [-0.25, -0.2) is 9.18 Å². The van der Waals surface area contributed by atoms with Crippen molar-refractivity contribution >= 4 is 45.3 Å². The first kappa shape index (κ1) is 21.1. The lowest BCUT2D eigenvalue weighted by atomic mass is 10.1. The van der Waals surface area contributed by atoms with Crippen molar-refractivity contribution in [2.45, 2.75) is 18.6 Å². The van der Waals surface area contributed by atoms with E-state index in [0.717, 1.165) is 21.8 Å². The molecule has 0 saturated carbocycles. The summed E-state index contributed by atoms with van der Waals surface area (Å²) in [5, 5.41) is 9.23. The fraction of sp³-hybridized carbons (Fsp3) is 0.190. The molecule has 5 nitrogen and oxygen atoms in total. The van der Waals surface area contributed by atoms with Crippen LogP contribution in [0.4, 0.5) is 10.1 Å². The first-order valence-corrected chi connectivity index (χ1v) is 10.4. The Bertz CT molecular complexity index is 1000. The molecule has 0 aliphatic carbocycles. The van der Waals surface area contributed by atoms with Gasteiger partial charge in [-0.2, -0.15) is 5.26 Å². The van der Waals surface area contributed by atoms with Gasteiger partial charge in [0.1, 0.15) is 16.9 Å². The molecule has 1 saturated heterocycles. The number of benzene rings is 2. The Balaban J connectivity index is 2.02. The molecular formula is C21H16BrFN2O3S. The zero-order valence-corrected chi connectivity index (χ0v) is 17.8. The van der Waals surface area contributed by atoms with Crippen LogP contribution in [0.1, 0.15) is 12.5 Å². The number of carbonyl (C=O) groups excluding carboxylic acids is 2.